The number of hydrogen-bond acceptors (Lipinski definition) is 0. The second kappa shape index (κ2) is 7.53. The van der Waals surface area contributed by atoms with Crippen molar-refractivity contribution in [1.29, 1.82) is 0 Å². The Morgan fingerprint density at radius 3 is 2.50 bits per heavy atom. The van der Waals surface area contributed by atoms with Crippen molar-refractivity contribution in [1.82, 2.24) is 0 Å². The van der Waals surface area contributed by atoms with Gasteiger partial charge in [0.1, 0.15) is 8.07 Å². The van der Waals surface area contributed by atoms with Gasteiger partial charge in [0, 0.05) is 10.8 Å². The van der Waals surface area contributed by atoms with Crippen molar-refractivity contribution in [3.8, 4) is 11.5 Å². The van der Waals surface area contributed by atoms with E-state index in [4.69, 9.17) is 0 Å². The van der Waals surface area contributed by atoms with E-state index < -0.39 is 8.07 Å². The minimum absolute atomic E-state index is 1.03. The van der Waals surface area contributed by atoms with Gasteiger partial charge in [-0.1, -0.05) is 53.9 Å². The second-order valence-electron chi connectivity index (χ2n) is 4.58. The fourth-order valence-electron chi connectivity index (χ4n) is 0.970. The molecular formula is C12H21ISi. The zero-order valence-electron chi connectivity index (χ0n) is 9.78. The molecule has 0 nitrogen and oxygen atoms in total. The van der Waals surface area contributed by atoms with Crippen LogP contribution in [0, 0.1) is 11.5 Å². The third kappa shape index (κ3) is 10.3. The minimum atomic E-state index is -1.13. The fraction of sp³-hybridized carbons (Fsp3) is 0.667. The Balaban J connectivity index is 3.74. The Kier molecular flexibility index (Phi) is 7.66. The van der Waals surface area contributed by atoms with Crippen molar-refractivity contribution in [3.63, 3.8) is 0 Å². The molecule has 0 atom stereocenters. The molecule has 0 saturated heterocycles. The van der Waals surface area contributed by atoms with Gasteiger partial charge in [-0.2, -0.15) is 0 Å². The summed E-state index contributed by atoms with van der Waals surface area (Å²) in [5.41, 5.74) is 4.89. The van der Waals surface area contributed by atoms with Crippen LogP contribution in [0.3, 0.4) is 0 Å². The number of rotatable bonds is 4. The topological polar surface area (TPSA) is 0 Å². The molecule has 0 aromatic heterocycles. The van der Waals surface area contributed by atoms with Crippen molar-refractivity contribution in [2.24, 2.45) is 0 Å². The Morgan fingerprint density at radius 2 is 2.00 bits per heavy atom. The van der Waals surface area contributed by atoms with Crippen LogP contribution in [-0.2, 0) is 0 Å². The lowest BCUT2D eigenvalue weighted by molar-refractivity contribution is 1.03. The van der Waals surface area contributed by atoms with Gasteiger partial charge in [0.15, 0.2) is 0 Å². The minimum Gasteiger partial charge on any atom is -0.132 e. The monoisotopic (exact) mass is 320 g/mol. The lowest BCUT2D eigenvalue weighted by Gasteiger charge is -2.02. The van der Waals surface area contributed by atoms with E-state index >= 15 is 0 Å². The molecular weight excluding hydrogens is 299 g/mol. The lowest BCUT2D eigenvalue weighted by Crippen LogP contribution is -2.16. The van der Waals surface area contributed by atoms with Gasteiger partial charge >= 0.3 is 0 Å². The summed E-state index contributed by atoms with van der Waals surface area (Å²) in [6, 6.07) is 0. The molecule has 0 bridgehead atoms. The van der Waals surface area contributed by atoms with Gasteiger partial charge in [-0.15, -0.1) is 11.5 Å². The summed E-state index contributed by atoms with van der Waals surface area (Å²) in [4.78, 5) is 0. The predicted molar refractivity (Wildman–Crippen MR) is 77.6 cm³/mol. The van der Waals surface area contributed by atoms with Gasteiger partial charge in [0.05, 0.1) is 0 Å². The summed E-state index contributed by atoms with van der Waals surface area (Å²) in [6.07, 6.45) is 5.71. The van der Waals surface area contributed by atoms with Crippen molar-refractivity contribution in [2.45, 2.75) is 45.8 Å². The van der Waals surface area contributed by atoms with Gasteiger partial charge in [-0.05, 0) is 19.8 Å². The van der Waals surface area contributed by atoms with E-state index in [1.807, 2.05) is 0 Å². The van der Waals surface area contributed by atoms with Crippen LogP contribution >= 0.6 is 22.6 Å². The molecule has 14 heavy (non-hydrogen) atoms. The zero-order valence-corrected chi connectivity index (χ0v) is 12.9. The number of halogens is 1. The number of allylic oxidation sites excluding steroid dienone is 2. The Hall–Kier alpha value is 0.247. The highest BCUT2D eigenvalue weighted by atomic mass is 127. The van der Waals surface area contributed by atoms with Crippen LogP contribution in [0.2, 0.25) is 19.6 Å². The molecule has 0 rings (SSSR count). The van der Waals surface area contributed by atoms with Crippen LogP contribution < -0.4 is 0 Å². The maximum absolute atomic E-state index is 3.39. The largest absolute Gasteiger partial charge is 0.132 e. The number of hydrogen-bond donors (Lipinski definition) is 0. The molecule has 0 aromatic carbocycles. The molecule has 0 heterocycles. The highest BCUT2D eigenvalue weighted by Gasteiger charge is 2.06. The molecule has 0 spiro atoms. The van der Waals surface area contributed by atoms with Crippen LogP contribution in [-0.4, -0.2) is 12.5 Å². The van der Waals surface area contributed by atoms with E-state index in [1.54, 1.807) is 0 Å². The molecule has 0 N–H and O–H groups in total. The summed E-state index contributed by atoms with van der Waals surface area (Å²) in [7, 11) is -1.13. The normalized spacial score (nSPS) is 12.2. The molecule has 0 aliphatic heterocycles. The summed E-state index contributed by atoms with van der Waals surface area (Å²) < 4.78 is 1.22. The van der Waals surface area contributed by atoms with Gasteiger partial charge in [-0.25, -0.2) is 0 Å². The average molecular weight is 320 g/mol. The first kappa shape index (κ1) is 14.2. The Morgan fingerprint density at radius 1 is 1.36 bits per heavy atom. The van der Waals surface area contributed by atoms with Crippen LogP contribution in [0.4, 0.5) is 0 Å². The quantitative estimate of drug-likeness (QED) is 0.180. The molecule has 0 unspecified atom stereocenters. The number of alkyl halides is 1. The lowest BCUT2D eigenvalue weighted by atomic mass is 10.2. The summed E-state index contributed by atoms with van der Waals surface area (Å²) in [5, 5.41) is 0. The van der Waals surface area contributed by atoms with Crippen molar-refractivity contribution in [2.75, 3.05) is 4.43 Å². The predicted octanol–water partition coefficient (Wildman–Crippen LogP) is 4.42. The Labute approximate surface area is 104 Å². The van der Waals surface area contributed by atoms with Gasteiger partial charge in [0.25, 0.3) is 0 Å². The number of unbranched alkanes of at least 4 members (excludes halogenated alkanes) is 1. The van der Waals surface area contributed by atoms with E-state index in [-0.39, 0.29) is 0 Å². The van der Waals surface area contributed by atoms with Gasteiger partial charge < -0.3 is 0 Å². The van der Waals surface area contributed by atoms with Gasteiger partial charge in [0.2, 0.25) is 0 Å². The summed E-state index contributed by atoms with van der Waals surface area (Å²) in [6.45, 7) is 9.08. The fourth-order valence-corrected chi connectivity index (χ4v) is 2.48. The average Bonchev–Trinajstić information content (AvgIpc) is 2.02. The molecule has 0 aromatic rings. The smallest absolute Gasteiger partial charge is 0.129 e. The van der Waals surface area contributed by atoms with Crippen molar-refractivity contribution < 1.29 is 0 Å². The van der Waals surface area contributed by atoms with E-state index in [0.29, 0.717) is 0 Å². The Bertz CT molecular complexity index is 237. The van der Waals surface area contributed by atoms with E-state index in [9.17, 15) is 0 Å². The molecule has 80 valence electrons. The first-order valence-corrected chi connectivity index (χ1v) is 10.2. The molecule has 0 fully saturated rings. The highest BCUT2D eigenvalue weighted by Crippen LogP contribution is 2.05. The standard InChI is InChI=1S/C12H21ISi/c1-12(9-10-13)8-6-5-7-11-14(2,3)4/h8H,5-6,9-10H2,1-4H3/b12-8-. The maximum Gasteiger partial charge on any atom is 0.129 e. The van der Waals surface area contributed by atoms with E-state index in [2.05, 4.69) is 66.7 Å². The third-order valence-corrected chi connectivity index (χ3v) is 3.18. The first-order chi connectivity index (χ1) is 6.45. The molecule has 0 aliphatic rings. The summed E-state index contributed by atoms with van der Waals surface area (Å²) >= 11 is 2.42. The molecule has 2 heteroatoms. The van der Waals surface area contributed by atoms with E-state index in [1.165, 1.54) is 16.4 Å². The SMILES string of the molecule is C/C(=C/CCC#C[Si](C)(C)C)CCI. The zero-order chi connectivity index (χ0) is 11.0. The first-order valence-electron chi connectivity index (χ1n) is 5.17. The van der Waals surface area contributed by atoms with Crippen LogP contribution in [0.1, 0.15) is 26.2 Å². The second-order valence-corrected chi connectivity index (χ2v) is 10.4. The summed E-state index contributed by atoms with van der Waals surface area (Å²) in [5.74, 6) is 3.29. The van der Waals surface area contributed by atoms with E-state index in [0.717, 1.165) is 12.8 Å². The van der Waals surface area contributed by atoms with Crippen LogP contribution in [0.5, 0.6) is 0 Å². The third-order valence-electron chi connectivity index (χ3n) is 1.71. The van der Waals surface area contributed by atoms with Crippen LogP contribution in [0.25, 0.3) is 0 Å². The maximum atomic E-state index is 3.39. The van der Waals surface area contributed by atoms with Crippen LogP contribution in [0.15, 0.2) is 11.6 Å². The van der Waals surface area contributed by atoms with Crippen molar-refractivity contribution in [3.05, 3.63) is 11.6 Å². The van der Waals surface area contributed by atoms with Crippen molar-refractivity contribution >= 4 is 30.7 Å². The van der Waals surface area contributed by atoms with Gasteiger partial charge in [-0.3, -0.25) is 0 Å². The molecule has 0 aliphatic carbocycles. The highest BCUT2D eigenvalue weighted by molar-refractivity contribution is 14.1. The molecule has 0 radical (unpaired) electrons. The molecule has 0 amide bonds. The molecule has 0 saturated carbocycles.